The second-order valence-corrected chi connectivity index (χ2v) is 6.30. The lowest BCUT2D eigenvalue weighted by molar-refractivity contribution is 0.208. The molecule has 1 aliphatic rings. The average Bonchev–Trinajstić information content (AvgIpc) is 3.05. The molecule has 0 saturated carbocycles. The molecule has 4 rings (SSSR count). The number of hydrogen-bond acceptors (Lipinski definition) is 4. The van der Waals surface area contributed by atoms with Crippen LogP contribution in [0.15, 0.2) is 36.8 Å². The average molecular weight is 354 g/mol. The van der Waals surface area contributed by atoms with Crippen molar-refractivity contribution in [2.45, 2.75) is 6.92 Å². The first-order valence-electron chi connectivity index (χ1n) is 8.47. The minimum Gasteiger partial charge on any atom is -0.352 e. The van der Waals surface area contributed by atoms with E-state index < -0.39 is 0 Å². The van der Waals surface area contributed by atoms with Crippen molar-refractivity contribution in [1.29, 1.82) is 0 Å². The van der Waals surface area contributed by atoms with Gasteiger partial charge in [-0.15, -0.1) is 0 Å². The summed E-state index contributed by atoms with van der Waals surface area (Å²) < 4.78 is 13.0. The maximum Gasteiger partial charge on any atom is 0.321 e. The largest absolute Gasteiger partial charge is 0.352 e. The molecule has 3 heterocycles. The number of H-pyrrole nitrogens is 1. The van der Waals surface area contributed by atoms with Gasteiger partial charge in [0.05, 0.1) is 5.39 Å². The van der Waals surface area contributed by atoms with Crippen LogP contribution in [0.5, 0.6) is 0 Å². The van der Waals surface area contributed by atoms with E-state index in [9.17, 15) is 9.18 Å². The van der Waals surface area contributed by atoms with Gasteiger partial charge in [-0.25, -0.2) is 19.2 Å². The van der Waals surface area contributed by atoms with Gasteiger partial charge in [-0.3, -0.25) is 0 Å². The number of nitrogens with one attached hydrogen (secondary N) is 2. The number of aryl methyl sites for hydroxylation is 1. The molecule has 1 aliphatic heterocycles. The summed E-state index contributed by atoms with van der Waals surface area (Å²) in [6, 6.07) is 5.58. The van der Waals surface area contributed by atoms with E-state index in [-0.39, 0.29) is 11.8 Å². The fourth-order valence-corrected chi connectivity index (χ4v) is 3.19. The van der Waals surface area contributed by atoms with E-state index in [0.29, 0.717) is 31.9 Å². The monoisotopic (exact) mass is 354 g/mol. The van der Waals surface area contributed by atoms with Crippen LogP contribution in [0.4, 0.5) is 20.7 Å². The Hall–Kier alpha value is -3.16. The lowest BCUT2D eigenvalue weighted by Crippen LogP contribution is -2.50. The molecule has 8 heteroatoms. The maximum absolute atomic E-state index is 13.0. The summed E-state index contributed by atoms with van der Waals surface area (Å²) in [6.07, 6.45) is 3.48. The van der Waals surface area contributed by atoms with E-state index in [4.69, 9.17) is 0 Å². The van der Waals surface area contributed by atoms with Crippen LogP contribution < -0.4 is 10.2 Å². The zero-order valence-electron chi connectivity index (χ0n) is 14.4. The fraction of sp³-hybridized carbons (Fsp3) is 0.278. The molecule has 2 aromatic heterocycles. The van der Waals surface area contributed by atoms with E-state index in [1.54, 1.807) is 23.4 Å². The topological polar surface area (TPSA) is 77.2 Å². The van der Waals surface area contributed by atoms with Crippen molar-refractivity contribution in [2.75, 3.05) is 36.4 Å². The van der Waals surface area contributed by atoms with E-state index in [1.807, 2.05) is 13.1 Å². The third-order valence-corrected chi connectivity index (χ3v) is 4.61. The highest BCUT2D eigenvalue weighted by Crippen LogP contribution is 2.26. The summed E-state index contributed by atoms with van der Waals surface area (Å²) in [6.45, 7) is 4.57. The molecule has 1 aromatic carbocycles. The van der Waals surface area contributed by atoms with Gasteiger partial charge < -0.3 is 20.1 Å². The van der Waals surface area contributed by atoms with Crippen molar-refractivity contribution in [1.82, 2.24) is 19.9 Å². The Morgan fingerprint density at radius 3 is 2.62 bits per heavy atom. The molecule has 0 radical (unpaired) electrons. The molecule has 26 heavy (non-hydrogen) atoms. The van der Waals surface area contributed by atoms with Crippen molar-refractivity contribution < 1.29 is 9.18 Å². The molecule has 3 aromatic rings. The molecule has 7 nitrogen and oxygen atoms in total. The van der Waals surface area contributed by atoms with Crippen LogP contribution in [0.3, 0.4) is 0 Å². The van der Waals surface area contributed by atoms with Crippen LogP contribution in [-0.4, -0.2) is 52.1 Å². The zero-order valence-corrected chi connectivity index (χ0v) is 14.4. The van der Waals surface area contributed by atoms with Crippen LogP contribution in [0.2, 0.25) is 0 Å². The highest BCUT2D eigenvalue weighted by atomic mass is 19.1. The molecule has 0 aliphatic carbocycles. The van der Waals surface area contributed by atoms with Gasteiger partial charge in [-0.05, 0) is 36.8 Å². The Morgan fingerprint density at radius 1 is 1.15 bits per heavy atom. The lowest BCUT2D eigenvalue weighted by Gasteiger charge is -2.35. The second-order valence-electron chi connectivity index (χ2n) is 6.30. The van der Waals surface area contributed by atoms with E-state index >= 15 is 0 Å². The number of anilines is 2. The Kier molecular flexibility index (Phi) is 4.16. The predicted molar refractivity (Wildman–Crippen MR) is 97.8 cm³/mol. The maximum atomic E-state index is 13.0. The number of benzene rings is 1. The van der Waals surface area contributed by atoms with Crippen molar-refractivity contribution in [3.63, 3.8) is 0 Å². The van der Waals surface area contributed by atoms with Crippen LogP contribution in [0.1, 0.15) is 5.56 Å². The first-order valence-corrected chi connectivity index (χ1v) is 8.47. The highest BCUT2D eigenvalue weighted by molar-refractivity contribution is 5.91. The van der Waals surface area contributed by atoms with Gasteiger partial charge in [0.25, 0.3) is 0 Å². The standard InChI is InChI=1S/C18H19FN6O/c1-12-10-20-16-15(12)17(22-11-21-16)24-6-8-25(9-7-24)18(26)23-14-4-2-13(19)3-5-14/h2-5,10-11H,6-9H2,1H3,(H,23,26)(H,20,21,22). The number of hydrogen-bond donors (Lipinski definition) is 2. The fourth-order valence-electron chi connectivity index (χ4n) is 3.19. The Morgan fingerprint density at radius 2 is 1.88 bits per heavy atom. The van der Waals surface area contributed by atoms with E-state index in [1.165, 1.54) is 12.1 Å². The third kappa shape index (κ3) is 3.05. The number of carbonyl (C=O) groups is 1. The summed E-state index contributed by atoms with van der Waals surface area (Å²) in [5.74, 6) is 0.570. The van der Waals surface area contributed by atoms with Crippen LogP contribution in [-0.2, 0) is 0 Å². The molecule has 2 amide bonds. The highest BCUT2D eigenvalue weighted by Gasteiger charge is 2.24. The van der Waals surface area contributed by atoms with Gasteiger partial charge in [-0.1, -0.05) is 0 Å². The van der Waals surface area contributed by atoms with Crippen LogP contribution in [0, 0.1) is 12.7 Å². The van der Waals surface area contributed by atoms with Crippen molar-refractivity contribution in [2.24, 2.45) is 0 Å². The van der Waals surface area contributed by atoms with Gasteiger partial charge in [0.15, 0.2) is 0 Å². The molecule has 0 unspecified atom stereocenters. The number of aromatic nitrogens is 3. The summed E-state index contributed by atoms with van der Waals surface area (Å²) in [7, 11) is 0. The number of fused-ring (bicyclic) bond motifs is 1. The summed E-state index contributed by atoms with van der Waals surface area (Å²) >= 11 is 0. The molecular formula is C18H19FN6O. The normalized spacial score (nSPS) is 14.7. The van der Waals surface area contributed by atoms with E-state index in [2.05, 4.69) is 25.2 Å². The molecule has 0 spiro atoms. The van der Waals surface area contributed by atoms with Crippen LogP contribution in [0.25, 0.3) is 11.0 Å². The lowest BCUT2D eigenvalue weighted by atomic mass is 10.2. The van der Waals surface area contributed by atoms with Gasteiger partial charge in [-0.2, -0.15) is 0 Å². The smallest absolute Gasteiger partial charge is 0.321 e. The minimum atomic E-state index is -0.326. The van der Waals surface area contributed by atoms with Gasteiger partial charge in [0.1, 0.15) is 23.6 Å². The zero-order chi connectivity index (χ0) is 18.1. The number of rotatable bonds is 2. The molecule has 0 bridgehead atoms. The second kappa shape index (κ2) is 6.62. The van der Waals surface area contributed by atoms with Gasteiger partial charge in [0.2, 0.25) is 0 Å². The van der Waals surface area contributed by atoms with Crippen molar-refractivity contribution >= 4 is 28.6 Å². The van der Waals surface area contributed by atoms with Crippen LogP contribution >= 0.6 is 0 Å². The number of halogens is 1. The number of aromatic amines is 1. The van der Waals surface area contributed by atoms with Crippen molar-refractivity contribution in [3.8, 4) is 0 Å². The minimum absolute atomic E-state index is 0.179. The molecule has 134 valence electrons. The molecular weight excluding hydrogens is 335 g/mol. The van der Waals surface area contributed by atoms with Gasteiger partial charge >= 0.3 is 6.03 Å². The Balaban J connectivity index is 1.43. The summed E-state index contributed by atoms with van der Waals surface area (Å²) in [5.41, 5.74) is 2.51. The number of urea groups is 1. The predicted octanol–water partition coefficient (Wildman–Crippen LogP) is 2.76. The first-order chi connectivity index (χ1) is 12.6. The number of piperazine rings is 1. The summed E-state index contributed by atoms with van der Waals surface area (Å²) in [4.78, 5) is 28.2. The third-order valence-electron chi connectivity index (χ3n) is 4.61. The molecule has 1 saturated heterocycles. The number of nitrogens with zero attached hydrogens (tertiary/aromatic N) is 4. The summed E-state index contributed by atoms with van der Waals surface area (Å²) in [5, 5.41) is 3.82. The molecule has 0 atom stereocenters. The Bertz CT molecular complexity index is 931. The van der Waals surface area contributed by atoms with E-state index in [0.717, 1.165) is 22.4 Å². The van der Waals surface area contributed by atoms with Crippen molar-refractivity contribution in [3.05, 3.63) is 48.2 Å². The molecule has 1 fully saturated rings. The Labute approximate surface area is 149 Å². The first kappa shape index (κ1) is 16.3. The number of carbonyl (C=O) groups excluding carboxylic acids is 1. The molecule has 2 N–H and O–H groups in total. The van der Waals surface area contributed by atoms with Gasteiger partial charge in [0, 0.05) is 38.1 Å². The SMILES string of the molecule is Cc1c[nH]c2ncnc(N3CCN(C(=O)Nc4ccc(F)cc4)CC3)c12. The quantitative estimate of drug-likeness (QED) is 0.742. The number of amides is 2.